The molecule has 1 rings (SSSR count). The standard InChI is InChI=1S/C26H51NO3Si2/c1-14-17-19-26(18-15-2)22(30-32(12,13)25(7,8)9)21(23(28)27(26)20-16-3)29-31(10,11)24(4,5)6/h15-16,21-22H,2-3,14,17-20H2,1,4-13H3/t21-,22-,26+/m0/s1. The zero-order valence-corrected chi connectivity index (χ0v) is 24.9. The summed E-state index contributed by atoms with van der Waals surface area (Å²) in [6.45, 7) is 33.1. The molecule has 32 heavy (non-hydrogen) atoms. The summed E-state index contributed by atoms with van der Waals surface area (Å²) in [5, 5.41) is 0.0410. The molecule has 0 unspecified atom stereocenters. The summed E-state index contributed by atoms with van der Waals surface area (Å²) in [7, 11) is -4.38. The van der Waals surface area contributed by atoms with Gasteiger partial charge in [-0.25, -0.2) is 0 Å². The van der Waals surface area contributed by atoms with Crippen molar-refractivity contribution in [1.82, 2.24) is 4.90 Å². The fourth-order valence-corrected chi connectivity index (χ4v) is 6.49. The molecule has 1 fully saturated rings. The Morgan fingerprint density at radius 1 is 0.969 bits per heavy atom. The second-order valence-corrected chi connectivity index (χ2v) is 22.0. The van der Waals surface area contributed by atoms with E-state index < -0.39 is 28.3 Å². The summed E-state index contributed by atoms with van der Waals surface area (Å²) in [4.78, 5) is 16.0. The summed E-state index contributed by atoms with van der Waals surface area (Å²) in [5.41, 5.74) is -0.453. The summed E-state index contributed by atoms with van der Waals surface area (Å²) < 4.78 is 14.0. The summed E-state index contributed by atoms with van der Waals surface area (Å²) in [6, 6.07) is 0. The van der Waals surface area contributed by atoms with Crippen LogP contribution in [0.4, 0.5) is 0 Å². The number of hydrogen-bond acceptors (Lipinski definition) is 3. The van der Waals surface area contributed by atoms with Gasteiger partial charge in [-0.05, 0) is 49.1 Å². The van der Waals surface area contributed by atoms with E-state index in [1.807, 2.05) is 17.1 Å². The van der Waals surface area contributed by atoms with Crippen molar-refractivity contribution in [2.24, 2.45) is 0 Å². The molecule has 0 N–H and O–H groups in total. The van der Waals surface area contributed by atoms with Crippen LogP contribution in [-0.4, -0.2) is 51.7 Å². The van der Waals surface area contributed by atoms with E-state index in [2.05, 4.69) is 87.8 Å². The van der Waals surface area contributed by atoms with E-state index in [4.69, 9.17) is 8.85 Å². The van der Waals surface area contributed by atoms with Gasteiger partial charge < -0.3 is 13.8 Å². The Hall–Kier alpha value is -0.696. The third-order valence-corrected chi connectivity index (χ3v) is 17.0. The van der Waals surface area contributed by atoms with Gasteiger partial charge in [-0.1, -0.05) is 73.5 Å². The summed E-state index contributed by atoms with van der Waals surface area (Å²) in [5.74, 6) is 0.0522. The Morgan fingerprint density at radius 3 is 1.88 bits per heavy atom. The predicted molar refractivity (Wildman–Crippen MR) is 143 cm³/mol. The molecule has 1 aliphatic rings. The molecule has 4 nitrogen and oxygen atoms in total. The van der Waals surface area contributed by atoms with Crippen molar-refractivity contribution in [2.75, 3.05) is 6.54 Å². The van der Waals surface area contributed by atoms with Gasteiger partial charge >= 0.3 is 0 Å². The molecule has 0 aromatic heterocycles. The molecule has 0 aromatic rings. The Labute approximate surface area is 201 Å². The van der Waals surface area contributed by atoms with Gasteiger partial charge in [-0.15, -0.1) is 13.2 Å². The lowest BCUT2D eigenvalue weighted by atomic mass is 9.83. The smallest absolute Gasteiger partial charge is 0.254 e. The molecule has 1 heterocycles. The van der Waals surface area contributed by atoms with Crippen LogP contribution in [0, 0.1) is 0 Å². The van der Waals surface area contributed by atoms with Gasteiger partial charge in [-0.2, -0.15) is 0 Å². The molecule has 0 spiro atoms. The molecule has 0 aromatic carbocycles. The normalized spacial score (nSPS) is 25.3. The highest BCUT2D eigenvalue weighted by molar-refractivity contribution is 6.74. The SMILES string of the molecule is C=CCN1C(=O)[C@@H](O[Si](C)(C)C(C)(C)C)[C@H](O[Si](C)(C)C(C)(C)C)[C@@]1(CC=C)CCCC. The third kappa shape index (κ3) is 5.86. The fraction of sp³-hybridized carbons (Fsp3) is 0.808. The molecule has 1 saturated heterocycles. The molecule has 0 saturated carbocycles. The topological polar surface area (TPSA) is 38.8 Å². The Kier molecular flexibility index (Phi) is 9.43. The minimum Gasteiger partial charge on any atom is -0.408 e. The van der Waals surface area contributed by atoms with Crippen molar-refractivity contribution >= 4 is 22.5 Å². The number of carbonyl (C=O) groups is 1. The lowest BCUT2D eigenvalue weighted by Crippen LogP contribution is -2.58. The van der Waals surface area contributed by atoms with Crippen LogP contribution in [0.25, 0.3) is 0 Å². The van der Waals surface area contributed by atoms with Gasteiger partial charge in [0, 0.05) is 6.54 Å². The van der Waals surface area contributed by atoms with Crippen molar-refractivity contribution in [1.29, 1.82) is 0 Å². The number of likely N-dealkylation sites (tertiary alicyclic amines) is 1. The largest absolute Gasteiger partial charge is 0.408 e. The highest BCUT2D eigenvalue weighted by Crippen LogP contribution is 2.48. The van der Waals surface area contributed by atoms with Gasteiger partial charge in [0.15, 0.2) is 22.7 Å². The maximum absolute atomic E-state index is 14.0. The Morgan fingerprint density at radius 2 is 1.47 bits per heavy atom. The van der Waals surface area contributed by atoms with Crippen LogP contribution in [0.3, 0.4) is 0 Å². The lowest BCUT2D eigenvalue weighted by Gasteiger charge is -2.47. The van der Waals surface area contributed by atoms with E-state index in [0.29, 0.717) is 13.0 Å². The molecular weight excluding hydrogens is 430 g/mol. The number of hydrogen-bond donors (Lipinski definition) is 0. The van der Waals surface area contributed by atoms with Crippen molar-refractivity contribution in [3.63, 3.8) is 0 Å². The highest BCUT2D eigenvalue weighted by atomic mass is 28.4. The quantitative estimate of drug-likeness (QED) is 0.229. The van der Waals surface area contributed by atoms with Crippen LogP contribution < -0.4 is 0 Å². The first-order valence-corrected chi connectivity index (χ1v) is 18.1. The second kappa shape index (κ2) is 10.3. The van der Waals surface area contributed by atoms with Crippen molar-refractivity contribution in [3.8, 4) is 0 Å². The van der Waals surface area contributed by atoms with E-state index >= 15 is 0 Å². The molecule has 0 bridgehead atoms. The monoisotopic (exact) mass is 481 g/mol. The number of nitrogens with zero attached hydrogens (tertiary/aromatic N) is 1. The average Bonchev–Trinajstić information content (AvgIpc) is 2.81. The molecule has 3 atom stereocenters. The Balaban J connectivity index is 3.71. The average molecular weight is 482 g/mol. The third-order valence-electron chi connectivity index (χ3n) is 8.08. The maximum Gasteiger partial charge on any atom is 0.254 e. The van der Waals surface area contributed by atoms with Crippen molar-refractivity contribution in [2.45, 2.75) is 128 Å². The Bertz CT molecular complexity index is 676. The minimum absolute atomic E-state index is 0.00513. The fourth-order valence-electron chi connectivity index (χ4n) is 3.95. The van der Waals surface area contributed by atoms with Gasteiger partial charge in [0.25, 0.3) is 5.91 Å². The zero-order chi connectivity index (χ0) is 25.2. The highest BCUT2D eigenvalue weighted by Gasteiger charge is 2.61. The first-order chi connectivity index (χ1) is 14.4. The summed E-state index contributed by atoms with van der Waals surface area (Å²) in [6.07, 6.45) is 6.57. The molecule has 1 amide bonds. The maximum atomic E-state index is 14.0. The molecular formula is C26H51NO3Si2. The number of unbranched alkanes of at least 4 members (excludes halogenated alkanes) is 1. The van der Waals surface area contributed by atoms with E-state index in [-0.39, 0.29) is 22.1 Å². The molecule has 0 radical (unpaired) electrons. The number of amides is 1. The molecule has 0 aliphatic carbocycles. The first kappa shape index (κ1) is 29.3. The van der Waals surface area contributed by atoms with Crippen LogP contribution in [-0.2, 0) is 13.6 Å². The van der Waals surface area contributed by atoms with Crippen molar-refractivity contribution in [3.05, 3.63) is 25.3 Å². The molecule has 1 aliphatic heterocycles. The second-order valence-electron chi connectivity index (χ2n) is 12.5. The number of carbonyl (C=O) groups excluding carboxylic acids is 1. The number of rotatable bonds is 11. The van der Waals surface area contributed by atoms with Gasteiger partial charge in [0.05, 0.1) is 5.54 Å². The van der Waals surface area contributed by atoms with E-state index in [9.17, 15) is 4.79 Å². The predicted octanol–water partition coefficient (Wildman–Crippen LogP) is 7.30. The van der Waals surface area contributed by atoms with Crippen LogP contribution in [0.15, 0.2) is 25.3 Å². The van der Waals surface area contributed by atoms with E-state index in [0.717, 1.165) is 19.3 Å². The van der Waals surface area contributed by atoms with E-state index in [1.165, 1.54) is 0 Å². The lowest BCUT2D eigenvalue weighted by molar-refractivity contribution is -0.136. The van der Waals surface area contributed by atoms with E-state index in [1.54, 1.807) is 0 Å². The minimum atomic E-state index is -2.21. The van der Waals surface area contributed by atoms with Crippen LogP contribution in [0.2, 0.25) is 36.3 Å². The van der Waals surface area contributed by atoms with Crippen LogP contribution in [0.1, 0.15) is 74.1 Å². The molecule has 186 valence electrons. The van der Waals surface area contributed by atoms with Gasteiger partial charge in [0.2, 0.25) is 0 Å². The first-order valence-electron chi connectivity index (χ1n) is 12.3. The zero-order valence-electron chi connectivity index (χ0n) is 22.9. The van der Waals surface area contributed by atoms with Gasteiger partial charge in [-0.3, -0.25) is 4.79 Å². The van der Waals surface area contributed by atoms with Crippen molar-refractivity contribution < 1.29 is 13.6 Å². The van der Waals surface area contributed by atoms with Gasteiger partial charge in [0.1, 0.15) is 6.10 Å². The molecule has 6 heteroatoms. The summed E-state index contributed by atoms with van der Waals surface area (Å²) >= 11 is 0. The van der Waals surface area contributed by atoms with Crippen LogP contribution in [0.5, 0.6) is 0 Å². The van der Waals surface area contributed by atoms with Crippen LogP contribution >= 0.6 is 0 Å².